The second-order valence-electron chi connectivity index (χ2n) is 2.67. The standard InChI is InChI=1S/C10H10BrFO2/c1-2-10(13)8-4-3-7(14-6-12)5-9(8)11/h3-5H,2,6H2,1H3. The highest BCUT2D eigenvalue weighted by molar-refractivity contribution is 9.10. The molecule has 0 aliphatic heterocycles. The first-order valence-electron chi connectivity index (χ1n) is 4.20. The summed E-state index contributed by atoms with van der Waals surface area (Å²) >= 11 is 3.24. The number of hydrogen-bond acceptors (Lipinski definition) is 2. The van der Waals surface area contributed by atoms with Crippen molar-refractivity contribution in [2.24, 2.45) is 0 Å². The molecule has 0 aliphatic carbocycles. The highest BCUT2D eigenvalue weighted by Gasteiger charge is 2.08. The van der Waals surface area contributed by atoms with Crippen LogP contribution in [0.3, 0.4) is 0 Å². The molecule has 0 atom stereocenters. The van der Waals surface area contributed by atoms with Gasteiger partial charge in [-0.15, -0.1) is 0 Å². The fourth-order valence-electron chi connectivity index (χ4n) is 1.07. The Kier molecular flexibility index (Phi) is 4.07. The molecule has 0 spiro atoms. The summed E-state index contributed by atoms with van der Waals surface area (Å²) in [6, 6.07) is 4.79. The van der Waals surface area contributed by atoms with Crippen molar-refractivity contribution in [3.8, 4) is 5.75 Å². The van der Waals surface area contributed by atoms with Crippen LogP contribution in [0.1, 0.15) is 23.7 Å². The Hall–Kier alpha value is -0.900. The molecule has 0 aromatic heterocycles. The smallest absolute Gasteiger partial charge is 0.228 e. The maximum absolute atomic E-state index is 11.8. The van der Waals surface area contributed by atoms with Crippen molar-refractivity contribution in [3.63, 3.8) is 0 Å². The Bertz CT molecular complexity index is 339. The van der Waals surface area contributed by atoms with Gasteiger partial charge >= 0.3 is 0 Å². The van der Waals surface area contributed by atoms with Gasteiger partial charge < -0.3 is 4.74 Å². The van der Waals surface area contributed by atoms with Crippen molar-refractivity contribution in [3.05, 3.63) is 28.2 Å². The number of rotatable bonds is 4. The topological polar surface area (TPSA) is 26.3 Å². The van der Waals surface area contributed by atoms with Gasteiger partial charge in [0.05, 0.1) is 0 Å². The zero-order valence-corrected chi connectivity index (χ0v) is 9.30. The lowest BCUT2D eigenvalue weighted by molar-refractivity contribution is 0.0987. The summed E-state index contributed by atoms with van der Waals surface area (Å²) in [5.41, 5.74) is 0.596. The average molecular weight is 261 g/mol. The van der Waals surface area contributed by atoms with E-state index in [4.69, 9.17) is 0 Å². The van der Waals surface area contributed by atoms with Crippen LogP contribution in [-0.4, -0.2) is 12.6 Å². The van der Waals surface area contributed by atoms with Gasteiger partial charge in [0.15, 0.2) is 5.78 Å². The summed E-state index contributed by atoms with van der Waals surface area (Å²) in [6.45, 7) is 0.925. The second-order valence-corrected chi connectivity index (χ2v) is 3.53. The zero-order valence-electron chi connectivity index (χ0n) is 7.72. The summed E-state index contributed by atoms with van der Waals surface area (Å²) in [4.78, 5) is 11.4. The monoisotopic (exact) mass is 260 g/mol. The molecule has 76 valence electrons. The maximum Gasteiger partial charge on any atom is 0.228 e. The van der Waals surface area contributed by atoms with Crippen LogP contribution in [0.25, 0.3) is 0 Å². The second kappa shape index (κ2) is 5.10. The Morgan fingerprint density at radius 1 is 1.57 bits per heavy atom. The normalized spacial score (nSPS) is 9.93. The molecule has 0 fully saturated rings. The van der Waals surface area contributed by atoms with Crippen LogP contribution in [0.2, 0.25) is 0 Å². The number of carbonyl (C=O) groups excluding carboxylic acids is 1. The van der Waals surface area contributed by atoms with Gasteiger partial charge in [0, 0.05) is 16.5 Å². The minimum Gasteiger partial charge on any atom is -0.463 e. The highest BCUT2D eigenvalue weighted by atomic mass is 79.9. The van der Waals surface area contributed by atoms with Crippen LogP contribution < -0.4 is 4.74 Å². The van der Waals surface area contributed by atoms with Crippen LogP contribution in [0.15, 0.2) is 22.7 Å². The largest absolute Gasteiger partial charge is 0.463 e. The van der Waals surface area contributed by atoms with Crippen molar-refractivity contribution < 1.29 is 13.9 Å². The number of Topliss-reactive ketones (excluding diaryl/α,β-unsaturated/α-hetero) is 1. The third-order valence-corrected chi connectivity index (χ3v) is 2.44. The molecule has 4 heteroatoms. The molecule has 1 rings (SSSR count). The molecule has 0 saturated heterocycles. The van der Waals surface area contributed by atoms with Crippen LogP contribution >= 0.6 is 15.9 Å². The summed E-state index contributed by atoms with van der Waals surface area (Å²) in [5.74, 6) is 0.454. The minimum atomic E-state index is -0.868. The predicted molar refractivity (Wildman–Crippen MR) is 55.4 cm³/mol. The lowest BCUT2D eigenvalue weighted by atomic mass is 10.1. The third kappa shape index (κ3) is 2.54. The molecular formula is C10H10BrFO2. The maximum atomic E-state index is 11.8. The molecule has 0 radical (unpaired) electrons. The lowest BCUT2D eigenvalue weighted by Crippen LogP contribution is -1.98. The Labute approximate surface area is 90.2 Å². The van der Waals surface area contributed by atoms with Gasteiger partial charge in [-0.05, 0) is 34.1 Å². The molecule has 0 N–H and O–H groups in total. The number of hydrogen-bond donors (Lipinski definition) is 0. The summed E-state index contributed by atoms with van der Waals surface area (Å²) in [7, 11) is 0. The quantitative estimate of drug-likeness (QED) is 0.777. The molecule has 0 saturated carbocycles. The first kappa shape index (κ1) is 11.2. The first-order chi connectivity index (χ1) is 6.69. The predicted octanol–water partition coefficient (Wildman–Crippen LogP) is 3.35. The van der Waals surface area contributed by atoms with Gasteiger partial charge in [0.1, 0.15) is 5.75 Å². The van der Waals surface area contributed by atoms with E-state index in [-0.39, 0.29) is 5.78 Å². The molecule has 1 aromatic carbocycles. The van der Waals surface area contributed by atoms with E-state index in [0.29, 0.717) is 22.2 Å². The van der Waals surface area contributed by atoms with Gasteiger partial charge in [-0.25, -0.2) is 4.39 Å². The molecule has 2 nitrogen and oxygen atoms in total. The molecule has 0 aliphatic rings. The number of benzene rings is 1. The molecular weight excluding hydrogens is 251 g/mol. The Morgan fingerprint density at radius 2 is 2.29 bits per heavy atom. The van der Waals surface area contributed by atoms with Crippen LogP contribution in [0, 0.1) is 0 Å². The summed E-state index contributed by atoms with van der Waals surface area (Å²) in [5, 5.41) is 0. The van der Waals surface area contributed by atoms with E-state index in [9.17, 15) is 9.18 Å². The van der Waals surface area contributed by atoms with Gasteiger partial charge in [0.25, 0.3) is 0 Å². The first-order valence-corrected chi connectivity index (χ1v) is 4.99. The summed E-state index contributed by atoms with van der Waals surface area (Å²) in [6.07, 6.45) is 0.446. The van der Waals surface area contributed by atoms with E-state index in [1.54, 1.807) is 25.1 Å². The van der Waals surface area contributed by atoms with Crippen LogP contribution in [0.4, 0.5) is 4.39 Å². The van der Waals surface area contributed by atoms with E-state index in [2.05, 4.69) is 20.7 Å². The van der Waals surface area contributed by atoms with Crippen molar-refractivity contribution in [2.45, 2.75) is 13.3 Å². The van der Waals surface area contributed by atoms with Gasteiger partial charge in [-0.3, -0.25) is 4.79 Å². The molecule has 0 bridgehead atoms. The van der Waals surface area contributed by atoms with E-state index < -0.39 is 6.86 Å². The number of ketones is 1. The molecule has 1 aromatic rings. The average Bonchev–Trinajstić information content (AvgIpc) is 2.17. The van der Waals surface area contributed by atoms with E-state index in [0.717, 1.165) is 0 Å². The van der Waals surface area contributed by atoms with Crippen molar-refractivity contribution in [2.75, 3.05) is 6.86 Å². The fraction of sp³-hybridized carbons (Fsp3) is 0.300. The molecule has 0 unspecified atom stereocenters. The lowest BCUT2D eigenvalue weighted by Gasteiger charge is -2.05. The van der Waals surface area contributed by atoms with Gasteiger partial charge in [-0.1, -0.05) is 6.92 Å². The number of ether oxygens (including phenoxy) is 1. The molecule has 0 heterocycles. The number of alkyl halides is 1. The van der Waals surface area contributed by atoms with Crippen molar-refractivity contribution in [1.29, 1.82) is 0 Å². The van der Waals surface area contributed by atoms with E-state index in [1.165, 1.54) is 0 Å². The fourth-order valence-corrected chi connectivity index (χ4v) is 1.64. The molecule has 0 amide bonds. The molecule has 14 heavy (non-hydrogen) atoms. The van der Waals surface area contributed by atoms with Crippen molar-refractivity contribution in [1.82, 2.24) is 0 Å². The number of halogens is 2. The summed E-state index contributed by atoms with van der Waals surface area (Å²) < 4.78 is 17.1. The van der Waals surface area contributed by atoms with Crippen LogP contribution in [0.5, 0.6) is 5.75 Å². The highest BCUT2D eigenvalue weighted by Crippen LogP contribution is 2.24. The van der Waals surface area contributed by atoms with Crippen molar-refractivity contribution >= 4 is 21.7 Å². The third-order valence-electron chi connectivity index (χ3n) is 1.78. The minimum absolute atomic E-state index is 0.0451. The van der Waals surface area contributed by atoms with Crippen LogP contribution in [-0.2, 0) is 0 Å². The van der Waals surface area contributed by atoms with Gasteiger partial charge in [-0.2, -0.15) is 0 Å². The Morgan fingerprint density at radius 3 is 2.79 bits per heavy atom. The SMILES string of the molecule is CCC(=O)c1ccc(OCF)cc1Br. The van der Waals surface area contributed by atoms with E-state index >= 15 is 0 Å². The zero-order chi connectivity index (χ0) is 10.6. The number of carbonyl (C=O) groups is 1. The van der Waals surface area contributed by atoms with Gasteiger partial charge in [0.2, 0.25) is 6.86 Å². The Balaban J connectivity index is 2.95. The van der Waals surface area contributed by atoms with E-state index in [1.807, 2.05) is 0 Å².